The molecule has 1 aromatic carbocycles. The van der Waals surface area contributed by atoms with Gasteiger partial charge < -0.3 is 15.2 Å². The van der Waals surface area contributed by atoms with E-state index in [9.17, 15) is 14.4 Å². The molecule has 0 unspecified atom stereocenters. The SMILES string of the molecule is O=C(CN1C(=O)CNC1=O)NCCc1noc(-c2ccccc2)n1. The molecule has 24 heavy (non-hydrogen) atoms. The number of nitrogens with zero attached hydrogens (tertiary/aromatic N) is 3. The predicted octanol–water partition coefficient (Wildman–Crippen LogP) is -0.0529. The second-order valence-electron chi connectivity index (χ2n) is 5.12. The van der Waals surface area contributed by atoms with Crippen molar-refractivity contribution in [2.45, 2.75) is 6.42 Å². The molecule has 9 heteroatoms. The monoisotopic (exact) mass is 329 g/mol. The van der Waals surface area contributed by atoms with Crippen LogP contribution in [-0.4, -0.2) is 52.5 Å². The highest BCUT2D eigenvalue weighted by molar-refractivity contribution is 6.04. The van der Waals surface area contributed by atoms with E-state index in [2.05, 4.69) is 20.8 Å². The van der Waals surface area contributed by atoms with Crippen LogP contribution in [0.5, 0.6) is 0 Å². The molecule has 0 spiro atoms. The lowest BCUT2D eigenvalue weighted by Gasteiger charge is -2.11. The van der Waals surface area contributed by atoms with Gasteiger partial charge in [-0.3, -0.25) is 14.5 Å². The normalized spacial score (nSPS) is 13.9. The van der Waals surface area contributed by atoms with Crippen molar-refractivity contribution in [1.29, 1.82) is 0 Å². The molecule has 0 aliphatic carbocycles. The molecule has 2 N–H and O–H groups in total. The summed E-state index contributed by atoms with van der Waals surface area (Å²) in [5.74, 6) is 0.0356. The quantitative estimate of drug-likeness (QED) is 0.717. The van der Waals surface area contributed by atoms with Gasteiger partial charge >= 0.3 is 6.03 Å². The number of imide groups is 1. The minimum Gasteiger partial charge on any atom is -0.354 e. The van der Waals surface area contributed by atoms with E-state index < -0.39 is 17.8 Å². The minimum absolute atomic E-state index is 0.0722. The van der Waals surface area contributed by atoms with Crippen LogP contribution in [-0.2, 0) is 16.0 Å². The Kier molecular flexibility index (Phi) is 4.50. The Bertz CT molecular complexity index is 742. The van der Waals surface area contributed by atoms with Crippen molar-refractivity contribution < 1.29 is 18.9 Å². The summed E-state index contributed by atoms with van der Waals surface area (Å²) in [6.07, 6.45) is 0.377. The second-order valence-corrected chi connectivity index (χ2v) is 5.12. The lowest BCUT2D eigenvalue weighted by atomic mass is 10.2. The fourth-order valence-corrected chi connectivity index (χ4v) is 2.18. The van der Waals surface area contributed by atoms with Crippen molar-refractivity contribution in [2.24, 2.45) is 0 Å². The molecular formula is C15H15N5O4. The van der Waals surface area contributed by atoms with Crippen molar-refractivity contribution in [3.05, 3.63) is 36.2 Å². The lowest BCUT2D eigenvalue weighted by molar-refractivity contribution is -0.130. The fourth-order valence-electron chi connectivity index (χ4n) is 2.18. The maximum Gasteiger partial charge on any atom is 0.325 e. The first kappa shape index (κ1) is 15.7. The Balaban J connectivity index is 1.47. The summed E-state index contributed by atoms with van der Waals surface area (Å²) < 4.78 is 5.16. The van der Waals surface area contributed by atoms with Crippen molar-refractivity contribution in [1.82, 2.24) is 25.7 Å². The second kappa shape index (κ2) is 6.90. The predicted molar refractivity (Wildman–Crippen MR) is 81.6 cm³/mol. The highest BCUT2D eigenvalue weighted by Crippen LogP contribution is 2.15. The zero-order chi connectivity index (χ0) is 16.9. The number of benzene rings is 1. The maximum absolute atomic E-state index is 11.8. The standard InChI is InChI=1S/C15H15N5O4/c21-12(9-20-13(22)8-17-15(20)23)16-7-6-11-18-14(24-19-11)10-4-2-1-3-5-10/h1-5H,6-9H2,(H,16,21)(H,17,23). The van der Waals surface area contributed by atoms with Crippen LogP contribution in [0.2, 0.25) is 0 Å². The highest BCUT2D eigenvalue weighted by Gasteiger charge is 2.29. The molecule has 9 nitrogen and oxygen atoms in total. The molecule has 2 aromatic rings. The molecule has 2 heterocycles. The summed E-state index contributed by atoms with van der Waals surface area (Å²) in [6.45, 7) is -0.0976. The lowest BCUT2D eigenvalue weighted by Crippen LogP contribution is -2.41. The molecule has 4 amide bonds. The van der Waals surface area contributed by atoms with Gasteiger partial charge in [0.05, 0.1) is 6.54 Å². The van der Waals surface area contributed by atoms with Crippen molar-refractivity contribution in [2.75, 3.05) is 19.6 Å². The number of rotatable bonds is 6. The van der Waals surface area contributed by atoms with Gasteiger partial charge in [-0.2, -0.15) is 4.98 Å². The van der Waals surface area contributed by atoms with Crippen LogP contribution in [0, 0.1) is 0 Å². The van der Waals surface area contributed by atoms with Gasteiger partial charge in [0.25, 0.3) is 11.8 Å². The van der Waals surface area contributed by atoms with Crippen LogP contribution >= 0.6 is 0 Å². The van der Waals surface area contributed by atoms with Crippen LogP contribution < -0.4 is 10.6 Å². The molecule has 0 atom stereocenters. The number of carbonyl (C=O) groups excluding carboxylic acids is 3. The average Bonchev–Trinajstić information content (AvgIpc) is 3.18. The van der Waals surface area contributed by atoms with Gasteiger partial charge in [-0.1, -0.05) is 23.4 Å². The Labute approximate surface area is 137 Å². The van der Waals surface area contributed by atoms with Gasteiger partial charge in [-0.15, -0.1) is 0 Å². The fraction of sp³-hybridized carbons (Fsp3) is 0.267. The zero-order valence-corrected chi connectivity index (χ0v) is 12.7. The van der Waals surface area contributed by atoms with Gasteiger partial charge in [-0.05, 0) is 12.1 Å². The van der Waals surface area contributed by atoms with E-state index in [1.807, 2.05) is 30.3 Å². The van der Waals surface area contributed by atoms with Gasteiger partial charge in [0.15, 0.2) is 5.82 Å². The van der Waals surface area contributed by atoms with E-state index in [1.165, 1.54) is 0 Å². The van der Waals surface area contributed by atoms with Crippen LogP contribution in [0.1, 0.15) is 5.82 Å². The molecule has 3 rings (SSSR count). The van der Waals surface area contributed by atoms with E-state index >= 15 is 0 Å². The average molecular weight is 329 g/mol. The molecular weight excluding hydrogens is 314 g/mol. The molecule has 1 fully saturated rings. The number of nitrogens with one attached hydrogen (secondary N) is 2. The number of carbonyl (C=O) groups is 3. The van der Waals surface area contributed by atoms with Crippen LogP contribution in [0.25, 0.3) is 11.5 Å². The first-order valence-electron chi connectivity index (χ1n) is 7.36. The third-order valence-corrected chi connectivity index (χ3v) is 3.40. The molecule has 1 saturated heterocycles. The third kappa shape index (κ3) is 3.57. The van der Waals surface area contributed by atoms with E-state index in [4.69, 9.17) is 4.52 Å². The van der Waals surface area contributed by atoms with E-state index in [-0.39, 0.29) is 19.6 Å². The zero-order valence-electron chi connectivity index (χ0n) is 12.7. The minimum atomic E-state index is -0.555. The van der Waals surface area contributed by atoms with Gasteiger partial charge in [0.1, 0.15) is 6.54 Å². The first-order valence-corrected chi connectivity index (χ1v) is 7.36. The Morgan fingerprint density at radius 3 is 2.79 bits per heavy atom. The molecule has 1 aliphatic heterocycles. The van der Waals surface area contributed by atoms with E-state index in [1.54, 1.807) is 0 Å². The van der Waals surface area contributed by atoms with Gasteiger partial charge in [0.2, 0.25) is 5.91 Å². The third-order valence-electron chi connectivity index (χ3n) is 3.40. The Hall–Kier alpha value is -3.23. The van der Waals surface area contributed by atoms with Crippen LogP contribution in [0.3, 0.4) is 0 Å². The molecule has 0 saturated carbocycles. The van der Waals surface area contributed by atoms with Crippen molar-refractivity contribution in [3.63, 3.8) is 0 Å². The number of hydrogen-bond donors (Lipinski definition) is 2. The molecule has 0 bridgehead atoms. The molecule has 1 aliphatic rings. The summed E-state index contributed by atoms with van der Waals surface area (Å²) in [4.78, 5) is 39.6. The van der Waals surface area contributed by atoms with Gasteiger partial charge in [-0.25, -0.2) is 4.79 Å². The summed E-state index contributed by atoms with van der Waals surface area (Å²) in [6, 6.07) is 8.79. The topological polar surface area (TPSA) is 117 Å². The Morgan fingerprint density at radius 1 is 1.29 bits per heavy atom. The number of amides is 4. The summed E-state index contributed by atoms with van der Waals surface area (Å²) >= 11 is 0. The smallest absolute Gasteiger partial charge is 0.325 e. The first-order chi connectivity index (χ1) is 11.6. The van der Waals surface area contributed by atoms with Gasteiger partial charge in [0, 0.05) is 18.5 Å². The number of aromatic nitrogens is 2. The largest absolute Gasteiger partial charge is 0.354 e. The Morgan fingerprint density at radius 2 is 2.08 bits per heavy atom. The highest BCUT2D eigenvalue weighted by atomic mass is 16.5. The summed E-state index contributed by atoms with van der Waals surface area (Å²) in [5.41, 5.74) is 0.818. The molecule has 0 radical (unpaired) electrons. The number of hydrogen-bond acceptors (Lipinski definition) is 6. The van der Waals surface area contributed by atoms with E-state index in [0.717, 1.165) is 10.5 Å². The van der Waals surface area contributed by atoms with E-state index in [0.29, 0.717) is 18.1 Å². The maximum atomic E-state index is 11.8. The molecule has 1 aromatic heterocycles. The molecule has 124 valence electrons. The van der Waals surface area contributed by atoms with Crippen molar-refractivity contribution >= 4 is 17.8 Å². The number of urea groups is 1. The summed E-state index contributed by atoms with van der Waals surface area (Å²) in [5, 5.41) is 8.81. The summed E-state index contributed by atoms with van der Waals surface area (Å²) in [7, 11) is 0. The van der Waals surface area contributed by atoms with Crippen molar-refractivity contribution in [3.8, 4) is 11.5 Å². The van der Waals surface area contributed by atoms with Crippen LogP contribution in [0.4, 0.5) is 4.79 Å². The van der Waals surface area contributed by atoms with Crippen LogP contribution in [0.15, 0.2) is 34.9 Å².